The zero-order chi connectivity index (χ0) is 20.5. The second kappa shape index (κ2) is 7.69. The van der Waals surface area contributed by atoms with Crippen LogP contribution >= 0.6 is 0 Å². The van der Waals surface area contributed by atoms with E-state index in [4.69, 9.17) is 5.73 Å². The summed E-state index contributed by atoms with van der Waals surface area (Å²) in [7, 11) is 1.84. The highest BCUT2D eigenvalue weighted by atomic mass is 16.2. The minimum Gasteiger partial charge on any atom is -0.369 e. The van der Waals surface area contributed by atoms with Crippen LogP contribution in [0.5, 0.6) is 0 Å². The number of likely N-dealkylation sites (tertiary alicyclic amines) is 1. The summed E-state index contributed by atoms with van der Waals surface area (Å²) in [4.78, 5) is 38.8. The van der Waals surface area contributed by atoms with Crippen molar-refractivity contribution in [3.63, 3.8) is 0 Å². The van der Waals surface area contributed by atoms with Crippen molar-refractivity contribution in [3.8, 4) is 0 Å². The summed E-state index contributed by atoms with van der Waals surface area (Å²) in [5.41, 5.74) is 7.67. The Bertz CT molecular complexity index is 955. The Morgan fingerprint density at radius 2 is 1.79 bits per heavy atom. The van der Waals surface area contributed by atoms with E-state index in [0.29, 0.717) is 48.8 Å². The van der Waals surface area contributed by atoms with E-state index in [1.165, 1.54) is 0 Å². The average Bonchev–Trinajstić information content (AvgIpc) is 3.49. The maximum atomic E-state index is 13.0. The number of carbonyl (C=O) groups is 3. The van der Waals surface area contributed by atoms with Crippen molar-refractivity contribution in [2.24, 2.45) is 18.7 Å². The molecule has 1 saturated heterocycles. The number of aryl methyl sites for hydroxylation is 1. The van der Waals surface area contributed by atoms with Crippen LogP contribution in [0.3, 0.4) is 0 Å². The highest BCUT2D eigenvalue weighted by Crippen LogP contribution is 2.40. The first-order valence-corrected chi connectivity index (χ1v) is 9.97. The molecule has 8 heteroatoms. The Kier molecular flexibility index (Phi) is 5.08. The van der Waals surface area contributed by atoms with E-state index in [1.807, 2.05) is 13.1 Å². The number of amides is 3. The maximum Gasteiger partial charge on any atom is 0.276 e. The lowest BCUT2D eigenvalue weighted by Crippen LogP contribution is -2.42. The van der Waals surface area contributed by atoms with Gasteiger partial charge in [0.15, 0.2) is 5.69 Å². The van der Waals surface area contributed by atoms with Gasteiger partial charge in [0.1, 0.15) is 0 Å². The van der Waals surface area contributed by atoms with Crippen LogP contribution in [0.1, 0.15) is 58.1 Å². The van der Waals surface area contributed by atoms with Gasteiger partial charge in [-0.05, 0) is 43.9 Å². The number of rotatable bonds is 5. The van der Waals surface area contributed by atoms with Crippen LogP contribution in [0.4, 0.5) is 5.69 Å². The Balaban J connectivity index is 1.48. The summed E-state index contributed by atoms with van der Waals surface area (Å²) in [5, 5.41) is 7.16. The molecule has 2 aromatic rings. The van der Waals surface area contributed by atoms with Gasteiger partial charge in [-0.15, -0.1) is 0 Å². The van der Waals surface area contributed by atoms with Crippen molar-refractivity contribution in [1.29, 1.82) is 0 Å². The van der Waals surface area contributed by atoms with Gasteiger partial charge in [0.2, 0.25) is 5.91 Å². The molecule has 1 aromatic carbocycles. The lowest BCUT2D eigenvalue weighted by molar-refractivity contribution is -0.123. The number of aromatic nitrogens is 2. The van der Waals surface area contributed by atoms with E-state index in [9.17, 15) is 14.4 Å². The van der Waals surface area contributed by atoms with Crippen molar-refractivity contribution in [2.45, 2.75) is 31.6 Å². The van der Waals surface area contributed by atoms with Crippen LogP contribution in [0.15, 0.2) is 30.3 Å². The standard InChI is InChI=1S/C21H25N5O3/c1-25-18(13-6-7-13)12-17(24-25)20(28)23-16-5-3-2-4-15(16)21(29)26-10-8-14(9-11-26)19(22)27/h2-5,12-14H,6-11H2,1H3,(H2,22,27)(H,23,28). The van der Waals surface area contributed by atoms with Gasteiger partial charge in [0.05, 0.1) is 11.3 Å². The Morgan fingerprint density at radius 3 is 2.45 bits per heavy atom. The van der Waals surface area contributed by atoms with E-state index in [0.717, 1.165) is 18.5 Å². The summed E-state index contributed by atoms with van der Waals surface area (Å²) in [5.74, 6) is -0.501. The molecule has 0 bridgehead atoms. The number of piperidine rings is 1. The third-order valence-electron chi connectivity index (χ3n) is 5.73. The summed E-state index contributed by atoms with van der Waals surface area (Å²) < 4.78 is 1.76. The summed E-state index contributed by atoms with van der Waals surface area (Å²) in [6, 6.07) is 8.79. The SMILES string of the molecule is Cn1nc(C(=O)Nc2ccccc2C(=O)N2CCC(C(N)=O)CC2)cc1C1CC1. The van der Waals surface area contributed by atoms with Gasteiger partial charge in [0, 0.05) is 37.7 Å². The van der Waals surface area contributed by atoms with Gasteiger partial charge in [0.25, 0.3) is 11.8 Å². The van der Waals surface area contributed by atoms with E-state index < -0.39 is 0 Å². The molecule has 2 heterocycles. The molecule has 8 nitrogen and oxygen atoms in total. The third-order valence-corrected chi connectivity index (χ3v) is 5.73. The molecule has 2 aliphatic rings. The van der Waals surface area contributed by atoms with Gasteiger partial charge in [-0.25, -0.2) is 0 Å². The molecule has 1 saturated carbocycles. The second-order valence-electron chi connectivity index (χ2n) is 7.82. The number of benzene rings is 1. The van der Waals surface area contributed by atoms with Crippen molar-refractivity contribution >= 4 is 23.4 Å². The first kappa shape index (κ1) is 19.2. The molecule has 0 unspecified atom stereocenters. The molecule has 3 amide bonds. The van der Waals surface area contributed by atoms with E-state index in [1.54, 1.807) is 33.8 Å². The van der Waals surface area contributed by atoms with Crippen LogP contribution in [0.2, 0.25) is 0 Å². The van der Waals surface area contributed by atoms with Crippen molar-refractivity contribution < 1.29 is 14.4 Å². The highest BCUT2D eigenvalue weighted by Gasteiger charge is 2.29. The number of para-hydroxylation sites is 1. The molecule has 1 aliphatic carbocycles. The lowest BCUT2D eigenvalue weighted by atomic mass is 9.95. The average molecular weight is 395 g/mol. The Morgan fingerprint density at radius 1 is 1.10 bits per heavy atom. The Labute approximate surface area is 169 Å². The fourth-order valence-corrected chi connectivity index (χ4v) is 3.86. The molecule has 1 aromatic heterocycles. The highest BCUT2D eigenvalue weighted by molar-refractivity contribution is 6.08. The van der Waals surface area contributed by atoms with Crippen LogP contribution in [-0.2, 0) is 11.8 Å². The molecule has 0 atom stereocenters. The number of anilines is 1. The van der Waals surface area contributed by atoms with Gasteiger partial charge < -0.3 is 16.0 Å². The number of carbonyl (C=O) groups excluding carboxylic acids is 3. The molecular weight excluding hydrogens is 370 g/mol. The van der Waals surface area contributed by atoms with Crippen LogP contribution in [0.25, 0.3) is 0 Å². The summed E-state index contributed by atoms with van der Waals surface area (Å²) in [6.45, 7) is 0.944. The fourth-order valence-electron chi connectivity index (χ4n) is 3.86. The second-order valence-corrected chi connectivity index (χ2v) is 7.82. The third kappa shape index (κ3) is 4.01. The molecule has 4 rings (SSSR count). The summed E-state index contributed by atoms with van der Waals surface area (Å²) in [6.07, 6.45) is 3.38. The van der Waals surface area contributed by atoms with E-state index >= 15 is 0 Å². The maximum absolute atomic E-state index is 13.0. The Hall–Kier alpha value is -3.16. The molecule has 152 valence electrons. The number of nitrogens with zero attached hydrogens (tertiary/aromatic N) is 3. The summed E-state index contributed by atoms with van der Waals surface area (Å²) >= 11 is 0. The quantitative estimate of drug-likeness (QED) is 0.805. The minimum atomic E-state index is -0.333. The molecule has 3 N–H and O–H groups in total. The largest absolute Gasteiger partial charge is 0.369 e. The number of nitrogens with one attached hydrogen (secondary N) is 1. The molecule has 0 radical (unpaired) electrons. The van der Waals surface area contributed by atoms with Crippen LogP contribution < -0.4 is 11.1 Å². The number of primary amides is 1. The zero-order valence-electron chi connectivity index (χ0n) is 16.4. The fraction of sp³-hybridized carbons (Fsp3) is 0.429. The van der Waals surface area contributed by atoms with Crippen molar-refractivity contribution in [2.75, 3.05) is 18.4 Å². The van der Waals surface area contributed by atoms with Gasteiger partial charge in [-0.3, -0.25) is 19.1 Å². The van der Waals surface area contributed by atoms with E-state index in [-0.39, 0.29) is 23.6 Å². The molecule has 1 aliphatic heterocycles. The predicted octanol–water partition coefficient (Wildman–Crippen LogP) is 1.89. The van der Waals surface area contributed by atoms with Crippen LogP contribution in [-0.4, -0.2) is 45.5 Å². The first-order chi connectivity index (χ1) is 13.9. The molecule has 2 fully saturated rings. The topological polar surface area (TPSA) is 110 Å². The van der Waals surface area contributed by atoms with Crippen LogP contribution in [0, 0.1) is 5.92 Å². The minimum absolute atomic E-state index is 0.163. The monoisotopic (exact) mass is 395 g/mol. The molecule has 29 heavy (non-hydrogen) atoms. The predicted molar refractivity (Wildman–Crippen MR) is 107 cm³/mol. The molecular formula is C21H25N5O3. The normalized spacial score (nSPS) is 17.2. The van der Waals surface area contributed by atoms with Crippen molar-refractivity contribution in [3.05, 3.63) is 47.3 Å². The number of hydrogen-bond donors (Lipinski definition) is 2. The number of hydrogen-bond acceptors (Lipinski definition) is 4. The lowest BCUT2D eigenvalue weighted by Gasteiger charge is -2.31. The number of nitrogens with two attached hydrogens (primary N) is 1. The van der Waals surface area contributed by atoms with E-state index in [2.05, 4.69) is 10.4 Å². The van der Waals surface area contributed by atoms with Crippen molar-refractivity contribution in [1.82, 2.24) is 14.7 Å². The first-order valence-electron chi connectivity index (χ1n) is 9.97. The van der Waals surface area contributed by atoms with Gasteiger partial charge in [-0.1, -0.05) is 12.1 Å². The smallest absolute Gasteiger partial charge is 0.276 e. The van der Waals surface area contributed by atoms with Gasteiger partial charge in [-0.2, -0.15) is 5.10 Å². The zero-order valence-corrected chi connectivity index (χ0v) is 16.4. The molecule has 0 spiro atoms. The van der Waals surface area contributed by atoms with Gasteiger partial charge >= 0.3 is 0 Å².